The molecule has 0 atom stereocenters. The molecule has 1 N–H and O–H groups in total. The molecule has 0 saturated carbocycles. The summed E-state index contributed by atoms with van der Waals surface area (Å²) in [6.45, 7) is 4.96. The number of nitrogens with one attached hydrogen (secondary N) is 1. The van der Waals surface area contributed by atoms with Crippen molar-refractivity contribution < 1.29 is 4.79 Å². The van der Waals surface area contributed by atoms with Crippen LogP contribution in [0, 0.1) is 6.92 Å². The first-order chi connectivity index (χ1) is 9.10. The van der Waals surface area contributed by atoms with Crippen LogP contribution in [0.5, 0.6) is 0 Å². The molecule has 100 valence electrons. The average Bonchev–Trinajstić information content (AvgIpc) is 2.77. The van der Waals surface area contributed by atoms with Gasteiger partial charge in [-0.15, -0.1) is 0 Å². The van der Waals surface area contributed by atoms with E-state index in [1.807, 2.05) is 38.1 Å². The van der Waals surface area contributed by atoms with Crippen molar-refractivity contribution in [3.05, 3.63) is 52.3 Å². The molecule has 0 fully saturated rings. The topological polar surface area (TPSA) is 46.9 Å². The van der Waals surface area contributed by atoms with Crippen LogP contribution < -0.4 is 5.32 Å². The van der Waals surface area contributed by atoms with Gasteiger partial charge in [-0.05, 0) is 37.6 Å². The largest absolute Gasteiger partial charge is 0.347 e. The number of halogens is 1. The van der Waals surface area contributed by atoms with Gasteiger partial charge in [-0.25, -0.2) is 0 Å². The normalized spacial score (nSPS) is 10.5. The fourth-order valence-electron chi connectivity index (χ4n) is 1.89. The molecule has 0 aliphatic heterocycles. The molecule has 0 radical (unpaired) electrons. The number of rotatable bonds is 4. The Morgan fingerprint density at radius 3 is 2.89 bits per heavy atom. The monoisotopic (exact) mass is 277 g/mol. The molecule has 19 heavy (non-hydrogen) atoms. The molecule has 2 aromatic rings. The van der Waals surface area contributed by atoms with Gasteiger partial charge in [0.25, 0.3) is 5.91 Å². The maximum Gasteiger partial charge on any atom is 0.269 e. The molecule has 4 nitrogen and oxygen atoms in total. The molecule has 0 aliphatic rings. The van der Waals surface area contributed by atoms with Gasteiger partial charge < -0.3 is 5.32 Å². The van der Waals surface area contributed by atoms with E-state index in [1.54, 1.807) is 10.7 Å². The predicted octanol–water partition coefficient (Wildman–Crippen LogP) is 2.79. The van der Waals surface area contributed by atoms with Gasteiger partial charge >= 0.3 is 0 Å². The summed E-state index contributed by atoms with van der Waals surface area (Å²) >= 11 is 5.90. The number of hydrogen-bond donors (Lipinski definition) is 1. The van der Waals surface area contributed by atoms with E-state index >= 15 is 0 Å². The number of amides is 1. The summed E-state index contributed by atoms with van der Waals surface area (Å²) < 4.78 is 1.70. The number of aromatic nitrogens is 2. The summed E-state index contributed by atoms with van der Waals surface area (Å²) in [6, 6.07) is 9.22. The Labute approximate surface area is 117 Å². The Balaban J connectivity index is 2.05. The number of nitrogens with zero attached hydrogens (tertiary/aromatic N) is 2. The highest BCUT2D eigenvalue weighted by molar-refractivity contribution is 6.30. The van der Waals surface area contributed by atoms with E-state index in [4.69, 9.17) is 11.6 Å². The minimum Gasteiger partial charge on any atom is -0.347 e. The van der Waals surface area contributed by atoms with Crippen LogP contribution in [0.25, 0.3) is 0 Å². The van der Waals surface area contributed by atoms with Crippen molar-refractivity contribution >= 4 is 17.5 Å². The SMILES string of the molecule is CCn1nc(C)cc1C(=O)NCc1cccc(Cl)c1. The number of carbonyl (C=O) groups is 1. The van der Waals surface area contributed by atoms with E-state index in [2.05, 4.69) is 10.4 Å². The van der Waals surface area contributed by atoms with Crippen molar-refractivity contribution in [3.63, 3.8) is 0 Å². The molecule has 0 aliphatic carbocycles. The summed E-state index contributed by atoms with van der Waals surface area (Å²) in [5.74, 6) is -0.123. The van der Waals surface area contributed by atoms with Crippen LogP contribution >= 0.6 is 11.6 Å². The second-order valence-electron chi connectivity index (χ2n) is 4.30. The Hall–Kier alpha value is -1.81. The molecular formula is C14H16ClN3O. The number of carbonyl (C=O) groups excluding carboxylic acids is 1. The summed E-state index contributed by atoms with van der Waals surface area (Å²) in [4.78, 5) is 12.1. The third-order valence-corrected chi connectivity index (χ3v) is 3.01. The van der Waals surface area contributed by atoms with Crippen LogP contribution in [-0.4, -0.2) is 15.7 Å². The van der Waals surface area contributed by atoms with Crippen molar-refractivity contribution in [2.24, 2.45) is 0 Å². The van der Waals surface area contributed by atoms with Crippen LogP contribution in [-0.2, 0) is 13.1 Å². The van der Waals surface area contributed by atoms with Gasteiger partial charge in [0.2, 0.25) is 0 Å². The minimum absolute atomic E-state index is 0.123. The standard InChI is InChI=1S/C14H16ClN3O/c1-3-18-13(7-10(2)17-18)14(19)16-9-11-5-4-6-12(15)8-11/h4-8H,3,9H2,1-2H3,(H,16,19). The zero-order valence-corrected chi connectivity index (χ0v) is 11.7. The lowest BCUT2D eigenvalue weighted by Crippen LogP contribution is -2.25. The van der Waals surface area contributed by atoms with Crippen molar-refractivity contribution in [1.82, 2.24) is 15.1 Å². The van der Waals surface area contributed by atoms with Crippen molar-refractivity contribution in [3.8, 4) is 0 Å². The molecule has 0 saturated heterocycles. The molecule has 1 aromatic heterocycles. The third kappa shape index (κ3) is 3.35. The highest BCUT2D eigenvalue weighted by atomic mass is 35.5. The number of aryl methyl sites for hydroxylation is 2. The van der Waals surface area contributed by atoms with Gasteiger partial charge in [0.1, 0.15) is 5.69 Å². The molecule has 0 unspecified atom stereocenters. The van der Waals surface area contributed by atoms with Crippen molar-refractivity contribution in [2.75, 3.05) is 0 Å². The molecule has 1 amide bonds. The Bertz CT molecular complexity index is 592. The molecule has 2 rings (SSSR count). The highest BCUT2D eigenvalue weighted by Gasteiger charge is 2.12. The lowest BCUT2D eigenvalue weighted by atomic mass is 10.2. The molecule has 0 bridgehead atoms. The second kappa shape index (κ2) is 5.89. The van der Waals surface area contributed by atoms with Crippen LogP contribution in [0.2, 0.25) is 5.02 Å². The van der Waals surface area contributed by atoms with Gasteiger partial charge in [0.05, 0.1) is 5.69 Å². The van der Waals surface area contributed by atoms with Gasteiger partial charge in [0, 0.05) is 18.1 Å². The Morgan fingerprint density at radius 1 is 1.42 bits per heavy atom. The van der Waals surface area contributed by atoms with E-state index in [9.17, 15) is 4.79 Å². The predicted molar refractivity (Wildman–Crippen MR) is 75.3 cm³/mol. The molecule has 5 heteroatoms. The fourth-order valence-corrected chi connectivity index (χ4v) is 2.10. The zero-order valence-electron chi connectivity index (χ0n) is 11.0. The van der Waals surface area contributed by atoms with Gasteiger partial charge in [-0.2, -0.15) is 5.10 Å². The molecule has 0 spiro atoms. The van der Waals surface area contributed by atoms with Crippen LogP contribution in [0.15, 0.2) is 30.3 Å². The van der Waals surface area contributed by atoms with Crippen molar-refractivity contribution in [2.45, 2.75) is 26.9 Å². The van der Waals surface area contributed by atoms with E-state index in [1.165, 1.54) is 0 Å². The Morgan fingerprint density at radius 2 is 2.21 bits per heavy atom. The first kappa shape index (κ1) is 13.6. The van der Waals surface area contributed by atoms with Crippen LogP contribution in [0.3, 0.4) is 0 Å². The summed E-state index contributed by atoms with van der Waals surface area (Å²) in [5, 5.41) is 7.79. The maximum absolute atomic E-state index is 12.1. The van der Waals surface area contributed by atoms with Gasteiger partial charge in [-0.1, -0.05) is 23.7 Å². The highest BCUT2D eigenvalue weighted by Crippen LogP contribution is 2.11. The lowest BCUT2D eigenvalue weighted by molar-refractivity contribution is 0.0940. The van der Waals surface area contributed by atoms with E-state index < -0.39 is 0 Å². The smallest absolute Gasteiger partial charge is 0.269 e. The van der Waals surface area contributed by atoms with E-state index in [-0.39, 0.29) is 5.91 Å². The molecule has 1 aromatic carbocycles. The van der Waals surface area contributed by atoms with Gasteiger partial charge in [0.15, 0.2) is 0 Å². The summed E-state index contributed by atoms with van der Waals surface area (Å²) in [7, 11) is 0. The van der Waals surface area contributed by atoms with Crippen LogP contribution in [0.4, 0.5) is 0 Å². The zero-order chi connectivity index (χ0) is 13.8. The number of hydrogen-bond acceptors (Lipinski definition) is 2. The van der Waals surface area contributed by atoms with Crippen LogP contribution in [0.1, 0.15) is 28.7 Å². The third-order valence-electron chi connectivity index (χ3n) is 2.78. The fraction of sp³-hybridized carbons (Fsp3) is 0.286. The van der Waals surface area contributed by atoms with E-state index in [0.29, 0.717) is 23.8 Å². The first-order valence-corrected chi connectivity index (χ1v) is 6.55. The average molecular weight is 278 g/mol. The summed E-state index contributed by atoms with van der Waals surface area (Å²) in [6.07, 6.45) is 0. The van der Waals surface area contributed by atoms with E-state index in [0.717, 1.165) is 11.3 Å². The maximum atomic E-state index is 12.1. The number of benzene rings is 1. The molecular weight excluding hydrogens is 262 g/mol. The first-order valence-electron chi connectivity index (χ1n) is 6.17. The Kier molecular flexibility index (Phi) is 4.22. The van der Waals surface area contributed by atoms with Crippen molar-refractivity contribution in [1.29, 1.82) is 0 Å². The molecule has 1 heterocycles. The summed E-state index contributed by atoms with van der Waals surface area (Å²) in [5.41, 5.74) is 2.40. The minimum atomic E-state index is -0.123. The van der Waals surface area contributed by atoms with Gasteiger partial charge in [-0.3, -0.25) is 9.48 Å². The lowest BCUT2D eigenvalue weighted by Gasteiger charge is -2.07. The quantitative estimate of drug-likeness (QED) is 0.934. The second-order valence-corrected chi connectivity index (χ2v) is 4.74.